The normalized spacial score (nSPS) is 15.4. The zero-order valence-electron chi connectivity index (χ0n) is 15.9. The molecule has 0 aliphatic carbocycles. The lowest BCUT2D eigenvalue weighted by Crippen LogP contribution is -2.44. The fourth-order valence-corrected chi connectivity index (χ4v) is 2.71. The van der Waals surface area contributed by atoms with Crippen LogP contribution in [-0.2, 0) is 9.53 Å². The van der Waals surface area contributed by atoms with Gasteiger partial charge in [0, 0.05) is 18.8 Å². The maximum absolute atomic E-state index is 12.5. The van der Waals surface area contributed by atoms with Gasteiger partial charge in [0.15, 0.2) is 5.82 Å². The number of amides is 1. The number of nitrogens with zero attached hydrogens (tertiary/aromatic N) is 4. The summed E-state index contributed by atoms with van der Waals surface area (Å²) in [5.74, 6) is 0.600. The number of aromatic nitrogens is 3. The second kappa shape index (κ2) is 8.41. The standard InChI is InChI=1S/C18H22ClN7O2/c1-10-13(19)4-12(5-22-10)14-6-21-7-16(24-14)25-18(27)11(2)23-15-8-28-9-26(3)17(15)20/h4-7,11,23H,8-9,20H2,1-3H3,(H,24,25,27)/t11-/m0/s1. The van der Waals surface area contributed by atoms with Gasteiger partial charge in [-0.15, -0.1) is 0 Å². The number of nitrogens with one attached hydrogen (secondary N) is 2. The van der Waals surface area contributed by atoms with E-state index < -0.39 is 6.04 Å². The summed E-state index contributed by atoms with van der Waals surface area (Å²) in [7, 11) is 1.81. The first-order valence-corrected chi connectivity index (χ1v) is 9.02. The maximum Gasteiger partial charge on any atom is 0.247 e. The number of nitrogens with two attached hydrogens (primary N) is 1. The molecule has 0 bridgehead atoms. The van der Waals surface area contributed by atoms with Crippen LogP contribution in [0.15, 0.2) is 36.2 Å². The fourth-order valence-electron chi connectivity index (χ4n) is 2.55. The highest BCUT2D eigenvalue weighted by molar-refractivity contribution is 6.31. The van der Waals surface area contributed by atoms with Crippen LogP contribution in [0.5, 0.6) is 0 Å². The van der Waals surface area contributed by atoms with Crippen LogP contribution in [0, 0.1) is 6.92 Å². The Balaban J connectivity index is 1.70. The first kappa shape index (κ1) is 19.8. The van der Waals surface area contributed by atoms with Gasteiger partial charge in [-0.05, 0) is 19.9 Å². The molecule has 0 unspecified atom stereocenters. The third-order valence-electron chi connectivity index (χ3n) is 4.24. The average Bonchev–Trinajstić information content (AvgIpc) is 2.67. The Hall–Kier alpha value is -2.91. The van der Waals surface area contributed by atoms with Crippen molar-refractivity contribution in [2.24, 2.45) is 5.73 Å². The van der Waals surface area contributed by atoms with E-state index in [0.29, 0.717) is 47.0 Å². The molecule has 0 radical (unpaired) electrons. The Morgan fingerprint density at radius 1 is 1.39 bits per heavy atom. The zero-order chi connectivity index (χ0) is 20.3. The van der Waals surface area contributed by atoms with Crippen LogP contribution in [-0.4, -0.2) is 52.2 Å². The van der Waals surface area contributed by atoms with E-state index in [1.807, 2.05) is 14.0 Å². The van der Waals surface area contributed by atoms with E-state index in [4.69, 9.17) is 22.1 Å². The predicted molar refractivity (Wildman–Crippen MR) is 106 cm³/mol. The number of ether oxygens (including phenoxy) is 1. The number of hydrogen-bond acceptors (Lipinski definition) is 8. The fraction of sp³-hybridized carbons (Fsp3) is 0.333. The molecule has 10 heteroatoms. The van der Waals surface area contributed by atoms with Crippen molar-refractivity contribution in [2.45, 2.75) is 19.9 Å². The van der Waals surface area contributed by atoms with Crippen molar-refractivity contribution in [2.75, 3.05) is 25.7 Å². The molecule has 4 N–H and O–H groups in total. The van der Waals surface area contributed by atoms with E-state index in [1.165, 1.54) is 6.20 Å². The number of pyridine rings is 1. The largest absolute Gasteiger partial charge is 0.384 e. The molecule has 9 nitrogen and oxygen atoms in total. The second-order valence-electron chi connectivity index (χ2n) is 6.48. The minimum Gasteiger partial charge on any atom is -0.384 e. The SMILES string of the molecule is Cc1ncc(-c2cncc(NC(=O)[C@H](C)NC3=C(N)N(C)COC3)n2)cc1Cl. The smallest absolute Gasteiger partial charge is 0.247 e. The lowest BCUT2D eigenvalue weighted by Gasteiger charge is -2.29. The van der Waals surface area contributed by atoms with Crippen molar-refractivity contribution in [1.29, 1.82) is 0 Å². The third-order valence-corrected chi connectivity index (χ3v) is 4.63. The Kier molecular flexibility index (Phi) is 5.96. The lowest BCUT2D eigenvalue weighted by molar-refractivity contribution is -0.117. The number of hydrogen-bond donors (Lipinski definition) is 3. The molecule has 2 aromatic rings. The molecule has 1 aliphatic heterocycles. The monoisotopic (exact) mass is 403 g/mol. The third kappa shape index (κ3) is 4.49. The Bertz CT molecular complexity index is 919. The van der Waals surface area contributed by atoms with Gasteiger partial charge in [0.2, 0.25) is 5.91 Å². The Morgan fingerprint density at radius 2 is 2.18 bits per heavy atom. The maximum atomic E-state index is 12.5. The first-order chi connectivity index (χ1) is 13.3. The van der Waals surface area contributed by atoms with Gasteiger partial charge in [0.25, 0.3) is 0 Å². The van der Waals surface area contributed by atoms with Crippen molar-refractivity contribution < 1.29 is 9.53 Å². The van der Waals surface area contributed by atoms with E-state index in [2.05, 4.69) is 25.6 Å². The number of rotatable bonds is 5. The van der Waals surface area contributed by atoms with Crippen molar-refractivity contribution in [3.05, 3.63) is 46.9 Å². The summed E-state index contributed by atoms with van der Waals surface area (Å²) in [6.45, 7) is 4.29. The van der Waals surface area contributed by atoms with Crippen molar-refractivity contribution in [3.63, 3.8) is 0 Å². The van der Waals surface area contributed by atoms with Crippen LogP contribution < -0.4 is 16.4 Å². The summed E-state index contributed by atoms with van der Waals surface area (Å²) in [5, 5.41) is 6.37. The van der Waals surface area contributed by atoms with E-state index in [0.717, 1.165) is 5.69 Å². The molecule has 0 fully saturated rings. The molecule has 0 saturated heterocycles. The summed E-state index contributed by atoms with van der Waals surface area (Å²) >= 11 is 6.13. The molecule has 1 atom stereocenters. The number of anilines is 1. The topological polar surface area (TPSA) is 118 Å². The van der Waals surface area contributed by atoms with Crippen molar-refractivity contribution in [3.8, 4) is 11.3 Å². The van der Waals surface area contributed by atoms with Gasteiger partial charge < -0.3 is 26.0 Å². The van der Waals surface area contributed by atoms with Crippen LogP contribution in [0.3, 0.4) is 0 Å². The lowest BCUT2D eigenvalue weighted by atomic mass is 10.2. The highest BCUT2D eigenvalue weighted by atomic mass is 35.5. The summed E-state index contributed by atoms with van der Waals surface area (Å²) < 4.78 is 5.40. The molecule has 0 spiro atoms. The summed E-state index contributed by atoms with van der Waals surface area (Å²) in [5.41, 5.74) is 8.69. The van der Waals surface area contributed by atoms with E-state index in [-0.39, 0.29) is 5.91 Å². The molecule has 0 aromatic carbocycles. The van der Waals surface area contributed by atoms with Gasteiger partial charge in [-0.2, -0.15) is 0 Å². The van der Waals surface area contributed by atoms with Crippen LogP contribution in [0.4, 0.5) is 5.82 Å². The van der Waals surface area contributed by atoms with Gasteiger partial charge in [0.05, 0.1) is 41.1 Å². The molecule has 0 saturated carbocycles. The van der Waals surface area contributed by atoms with Gasteiger partial charge >= 0.3 is 0 Å². The van der Waals surface area contributed by atoms with E-state index in [9.17, 15) is 4.79 Å². The quantitative estimate of drug-likeness (QED) is 0.686. The van der Waals surface area contributed by atoms with Crippen LogP contribution in [0.1, 0.15) is 12.6 Å². The van der Waals surface area contributed by atoms with Gasteiger partial charge in [-0.1, -0.05) is 11.6 Å². The van der Waals surface area contributed by atoms with Gasteiger partial charge in [-0.25, -0.2) is 4.98 Å². The zero-order valence-corrected chi connectivity index (χ0v) is 16.6. The second-order valence-corrected chi connectivity index (χ2v) is 6.88. The molecule has 3 rings (SSSR count). The summed E-state index contributed by atoms with van der Waals surface area (Å²) in [6.07, 6.45) is 4.72. The minimum absolute atomic E-state index is 0.278. The summed E-state index contributed by atoms with van der Waals surface area (Å²) in [6, 6.07) is 1.21. The van der Waals surface area contributed by atoms with Gasteiger partial charge in [-0.3, -0.25) is 14.8 Å². The Labute approximate surface area is 168 Å². The molecule has 2 aromatic heterocycles. The van der Waals surface area contributed by atoms with Gasteiger partial charge in [0.1, 0.15) is 18.6 Å². The minimum atomic E-state index is -0.551. The first-order valence-electron chi connectivity index (χ1n) is 8.64. The number of carbonyl (C=O) groups is 1. The molecule has 1 amide bonds. The molecule has 3 heterocycles. The van der Waals surface area contributed by atoms with Crippen LogP contribution >= 0.6 is 11.6 Å². The Morgan fingerprint density at radius 3 is 2.93 bits per heavy atom. The molecular formula is C18H22ClN7O2. The number of carbonyl (C=O) groups excluding carboxylic acids is 1. The van der Waals surface area contributed by atoms with Crippen molar-refractivity contribution >= 4 is 23.3 Å². The number of halogens is 1. The van der Waals surface area contributed by atoms with E-state index >= 15 is 0 Å². The highest BCUT2D eigenvalue weighted by Gasteiger charge is 2.20. The summed E-state index contributed by atoms with van der Waals surface area (Å²) in [4.78, 5) is 27.1. The van der Waals surface area contributed by atoms with Crippen molar-refractivity contribution in [1.82, 2.24) is 25.2 Å². The molecule has 28 heavy (non-hydrogen) atoms. The average molecular weight is 404 g/mol. The highest BCUT2D eigenvalue weighted by Crippen LogP contribution is 2.22. The van der Waals surface area contributed by atoms with E-state index in [1.54, 1.807) is 30.3 Å². The number of aryl methyl sites for hydroxylation is 1. The molecular weight excluding hydrogens is 382 g/mol. The van der Waals surface area contributed by atoms with Crippen LogP contribution in [0.2, 0.25) is 5.02 Å². The molecule has 1 aliphatic rings. The molecule has 148 valence electrons. The van der Waals surface area contributed by atoms with Crippen LogP contribution in [0.25, 0.3) is 11.3 Å². The predicted octanol–water partition coefficient (Wildman–Crippen LogP) is 1.46.